The summed E-state index contributed by atoms with van der Waals surface area (Å²) in [5.41, 5.74) is 7.85. The van der Waals surface area contributed by atoms with E-state index in [0.717, 1.165) is 0 Å². The summed E-state index contributed by atoms with van der Waals surface area (Å²) in [6, 6.07) is 35.4. The van der Waals surface area contributed by atoms with Gasteiger partial charge >= 0.3 is 0 Å². The van der Waals surface area contributed by atoms with E-state index in [-0.39, 0.29) is 0 Å². The van der Waals surface area contributed by atoms with Crippen molar-refractivity contribution in [1.82, 2.24) is 0 Å². The lowest BCUT2D eigenvalue weighted by Gasteiger charge is -2.26. The fourth-order valence-corrected chi connectivity index (χ4v) is 7.53. The Morgan fingerprint density at radius 2 is 0.862 bits per heavy atom. The molecule has 0 fully saturated rings. The SMILES string of the molecule is C[Si]1(C)c2ccc(-c3ccccc3)cc2C=Cc2cc(-c3ccccc3)ccc21. The van der Waals surface area contributed by atoms with Crippen molar-refractivity contribution >= 4 is 30.6 Å². The Labute approximate surface area is 174 Å². The molecule has 0 aliphatic carbocycles. The average Bonchev–Trinajstić information content (AvgIpc) is 2.88. The minimum Gasteiger partial charge on any atom is -0.0622 e. The molecule has 1 aliphatic rings. The van der Waals surface area contributed by atoms with Crippen LogP contribution in [0.1, 0.15) is 11.1 Å². The molecule has 0 N–H and O–H groups in total. The van der Waals surface area contributed by atoms with Gasteiger partial charge in [-0.15, -0.1) is 0 Å². The topological polar surface area (TPSA) is 0 Å². The number of fused-ring (bicyclic) bond motifs is 2. The van der Waals surface area contributed by atoms with Gasteiger partial charge in [0.05, 0.1) is 0 Å². The Morgan fingerprint density at radius 3 is 1.28 bits per heavy atom. The number of hydrogen-bond donors (Lipinski definition) is 0. The second kappa shape index (κ2) is 7.02. The second-order valence-electron chi connectivity index (χ2n) is 8.29. The van der Waals surface area contributed by atoms with Crippen LogP contribution in [0.4, 0.5) is 0 Å². The first kappa shape index (κ1) is 17.9. The Balaban J connectivity index is 1.63. The molecule has 4 aromatic rings. The van der Waals surface area contributed by atoms with Gasteiger partial charge in [0.1, 0.15) is 8.07 Å². The minimum atomic E-state index is -1.79. The van der Waals surface area contributed by atoms with Crippen LogP contribution in [-0.4, -0.2) is 8.07 Å². The highest BCUT2D eigenvalue weighted by atomic mass is 28.3. The highest BCUT2D eigenvalue weighted by Crippen LogP contribution is 2.27. The van der Waals surface area contributed by atoms with E-state index in [1.807, 2.05) is 0 Å². The first-order chi connectivity index (χ1) is 14.1. The van der Waals surface area contributed by atoms with Crippen LogP contribution >= 0.6 is 0 Å². The van der Waals surface area contributed by atoms with Gasteiger partial charge in [-0.05, 0) is 55.9 Å². The minimum absolute atomic E-state index is 1.27. The van der Waals surface area contributed by atoms with Gasteiger partial charge in [0.2, 0.25) is 0 Å². The molecule has 0 spiro atoms. The first-order valence-electron chi connectivity index (χ1n) is 10.2. The molecule has 0 aromatic heterocycles. The van der Waals surface area contributed by atoms with E-state index in [2.05, 4.69) is 122 Å². The lowest BCUT2D eigenvalue weighted by molar-refractivity contribution is 1.60. The number of rotatable bonds is 2. The fraction of sp³-hybridized carbons (Fsp3) is 0.0714. The van der Waals surface area contributed by atoms with E-state index in [1.54, 1.807) is 0 Å². The molecule has 0 radical (unpaired) electrons. The highest BCUT2D eigenvalue weighted by Gasteiger charge is 2.31. The molecule has 1 heterocycles. The molecule has 1 heteroatoms. The van der Waals surface area contributed by atoms with Gasteiger partial charge < -0.3 is 0 Å². The van der Waals surface area contributed by atoms with Crippen molar-refractivity contribution in [2.75, 3.05) is 0 Å². The summed E-state index contributed by atoms with van der Waals surface area (Å²) < 4.78 is 0. The largest absolute Gasteiger partial charge is 0.113 e. The van der Waals surface area contributed by atoms with Crippen LogP contribution in [-0.2, 0) is 0 Å². The Morgan fingerprint density at radius 1 is 0.448 bits per heavy atom. The quantitative estimate of drug-likeness (QED) is 0.352. The van der Waals surface area contributed by atoms with Crippen LogP contribution in [0.3, 0.4) is 0 Å². The standard InChI is InChI=1S/C28H24Si/c1-29(2)27-17-15-23(21-9-5-3-6-10-21)19-25(27)13-14-26-20-24(16-18-28(26)29)22-11-7-4-8-12-22/h3-20H,1-2H3. The van der Waals surface area contributed by atoms with Crippen LogP contribution in [0.25, 0.3) is 34.4 Å². The summed E-state index contributed by atoms with van der Waals surface area (Å²) in [6.45, 7) is 4.95. The maximum Gasteiger partial charge on any atom is 0.113 e. The maximum absolute atomic E-state index is 2.47. The smallest absolute Gasteiger partial charge is 0.0622 e. The lowest BCUT2D eigenvalue weighted by Crippen LogP contribution is -2.54. The molecular weight excluding hydrogens is 364 g/mol. The Bertz CT molecular complexity index is 1110. The molecule has 29 heavy (non-hydrogen) atoms. The van der Waals surface area contributed by atoms with E-state index < -0.39 is 8.07 Å². The molecule has 0 bridgehead atoms. The Kier molecular flexibility index (Phi) is 4.33. The molecule has 0 atom stereocenters. The van der Waals surface area contributed by atoms with Gasteiger partial charge in [-0.1, -0.05) is 110 Å². The van der Waals surface area contributed by atoms with E-state index >= 15 is 0 Å². The molecule has 4 aromatic carbocycles. The van der Waals surface area contributed by atoms with Gasteiger partial charge in [-0.2, -0.15) is 0 Å². The van der Waals surface area contributed by atoms with Gasteiger partial charge in [-0.3, -0.25) is 0 Å². The van der Waals surface area contributed by atoms with Crippen LogP contribution in [0.5, 0.6) is 0 Å². The third-order valence-corrected chi connectivity index (χ3v) is 9.71. The van der Waals surface area contributed by atoms with Gasteiger partial charge in [0, 0.05) is 0 Å². The summed E-state index contributed by atoms with van der Waals surface area (Å²) in [6.07, 6.45) is 4.63. The van der Waals surface area contributed by atoms with Gasteiger partial charge in [0.15, 0.2) is 0 Å². The predicted molar refractivity (Wildman–Crippen MR) is 129 cm³/mol. The third-order valence-electron chi connectivity index (χ3n) is 6.11. The van der Waals surface area contributed by atoms with Crippen LogP contribution in [0.15, 0.2) is 97.1 Å². The summed E-state index contributed by atoms with van der Waals surface area (Å²) in [7, 11) is -1.79. The number of benzene rings is 4. The van der Waals surface area contributed by atoms with Gasteiger partial charge in [0.25, 0.3) is 0 Å². The highest BCUT2D eigenvalue weighted by molar-refractivity contribution is 7.01. The third kappa shape index (κ3) is 3.18. The molecule has 140 valence electrons. The van der Waals surface area contributed by atoms with Crippen molar-refractivity contribution in [2.45, 2.75) is 13.1 Å². The average molecular weight is 389 g/mol. The molecule has 0 amide bonds. The van der Waals surface area contributed by atoms with E-state index in [9.17, 15) is 0 Å². The van der Waals surface area contributed by atoms with Gasteiger partial charge in [-0.25, -0.2) is 0 Å². The van der Waals surface area contributed by atoms with Crippen LogP contribution in [0, 0.1) is 0 Å². The van der Waals surface area contributed by atoms with Crippen LogP contribution in [0.2, 0.25) is 13.1 Å². The summed E-state index contributed by atoms with van der Waals surface area (Å²) in [5.74, 6) is 0. The molecule has 0 unspecified atom stereocenters. The van der Waals surface area contributed by atoms with E-state index in [1.165, 1.54) is 43.8 Å². The molecule has 0 saturated heterocycles. The summed E-state index contributed by atoms with van der Waals surface area (Å²) in [5, 5.41) is 3.03. The zero-order valence-electron chi connectivity index (χ0n) is 16.9. The number of hydrogen-bond acceptors (Lipinski definition) is 0. The van der Waals surface area contributed by atoms with E-state index in [4.69, 9.17) is 0 Å². The molecule has 0 nitrogen and oxygen atoms in total. The molecular formula is C28H24Si. The second-order valence-corrected chi connectivity index (χ2v) is 12.6. The lowest BCUT2D eigenvalue weighted by atomic mass is 10.0. The fourth-order valence-electron chi connectivity index (χ4n) is 4.48. The molecule has 5 rings (SSSR count). The zero-order chi connectivity index (χ0) is 19.8. The van der Waals surface area contributed by atoms with Crippen molar-refractivity contribution in [2.24, 2.45) is 0 Å². The Hall–Kier alpha value is -3.16. The van der Waals surface area contributed by atoms with Crippen molar-refractivity contribution in [1.29, 1.82) is 0 Å². The summed E-state index contributed by atoms with van der Waals surface area (Å²) >= 11 is 0. The van der Waals surface area contributed by atoms with Crippen molar-refractivity contribution < 1.29 is 0 Å². The molecule has 0 saturated carbocycles. The maximum atomic E-state index is 2.47. The first-order valence-corrected chi connectivity index (χ1v) is 13.2. The van der Waals surface area contributed by atoms with Crippen molar-refractivity contribution in [3.8, 4) is 22.3 Å². The van der Waals surface area contributed by atoms with E-state index in [0.29, 0.717) is 0 Å². The normalized spacial score (nSPS) is 14.0. The molecule has 1 aliphatic heterocycles. The zero-order valence-corrected chi connectivity index (χ0v) is 17.9. The predicted octanol–water partition coefficient (Wildman–Crippen LogP) is 6.33. The van der Waals surface area contributed by atoms with Crippen molar-refractivity contribution in [3.05, 3.63) is 108 Å². The summed E-state index contributed by atoms with van der Waals surface area (Å²) in [4.78, 5) is 0. The monoisotopic (exact) mass is 388 g/mol. The van der Waals surface area contributed by atoms with Crippen molar-refractivity contribution in [3.63, 3.8) is 0 Å². The van der Waals surface area contributed by atoms with Crippen LogP contribution < -0.4 is 10.4 Å².